The van der Waals surface area contributed by atoms with E-state index in [4.69, 9.17) is 5.73 Å². The van der Waals surface area contributed by atoms with Gasteiger partial charge in [0.05, 0.1) is 5.52 Å². The standard InChI is InChI=1S/C18H23N3O/c19-16-8-2-6-15(16)12-17(22)20-11-9-14-5-1-4-13-7-3-10-21-18(13)14/h1,3-5,7,10,15-16H,2,6,8-9,11-12,19H2,(H,20,22)/t15-,16+/m0/s1. The molecule has 4 nitrogen and oxygen atoms in total. The van der Waals surface area contributed by atoms with Crippen molar-refractivity contribution in [1.29, 1.82) is 0 Å². The largest absolute Gasteiger partial charge is 0.356 e. The molecule has 0 spiro atoms. The van der Waals surface area contributed by atoms with E-state index in [1.807, 2.05) is 18.3 Å². The predicted octanol–water partition coefficient (Wildman–Crippen LogP) is 2.41. The molecule has 1 heterocycles. The number of pyridine rings is 1. The Balaban J connectivity index is 1.53. The Kier molecular flexibility index (Phi) is 4.68. The average molecular weight is 297 g/mol. The highest BCUT2D eigenvalue weighted by Crippen LogP contribution is 2.26. The van der Waals surface area contributed by atoms with Crippen LogP contribution in [-0.4, -0.2) is 23.5 Å². The van der Waals surface area contributed by atoms with E-state index in [1.165, 1.54) is 5.56 Å². The zero-order valence-electron chi connectivity index (χ0n) is 12.8. The van der Waals surface area contributed by atoms with Crippen molar-refractivity contribution >= 4 is 16.8 Å². The lowest BCUT2D eigenvalue weighted by atomic mass is 10.00. The van der Waals surface area contributed by atoms with Crippen LogP contribution in [0, 0.1) is 5.92 Å². The van der Waals surface area contributed by atoms with E-state index >= 15 is 0 Å². The maximum Gasteiger partial charge on any atom is 0.220 e. The number of hydrogen-bond donors (Lipinski definition) is 2. The number of aromatic nitrogens is 1. The number of hydrogen-bond acceptors (Lipinski definition) is 3. The van der Waals surface area contributed by atoms with Gasteiger partial charge in [-0.15, -0.1) is 0 Å². The van der Waals surface area contributed by atoms with Crippen molar-refractivity contribution in [2.45, 2.75) is 38.1 Å². The van der Waals surface area contributed by atoms with Crippen LogP contribution in [-0.2, 0) is 11.2 Å². The highest BCUT2D eigenvalue weighted by Gasteiger charge is 2.25. The third kappa shape index (κ3) is 3.45. The maximum absolute atomic E-state index is 12.0. The number of carbonyl (C=O) groups is 1. The summed E-state index contributed by atoms with van der Waals surface area (Å²) in [5.74, 6) is 0.481. The first-order valence-electron chi connectivity index (χ1n) is 8.09. The molecule has 0 radical (unpaired) electrons. The summed E-state index contributed by atoms with van der Waals surface area (Å²) in [6.07, 6.45) is 6.47. The number of fused-ring (bicyclic) bond motifs is 1. The Morgan fingerprint density at radius 2 is 2.14 bits per heavy atom. The first kappa shape index (κ1) is 15.0. The molecule has 1 aliphatic rings. The number of carbonyl (C=O) groups excluding carboxylic acids is 1. The van der Waals surface area contributed by atoms with E-state index < -0.39 is 0 Å². The molecule has 3 rings (SSSR count). The van der Waals surface area contributed by atoms with Crippen LogP contribution >= 0.6 is 0 Å². The lowest BCUT2D eigenvalue weighted by molar-refractivity contribution is -0.122. The summed E-state index contributed by atoms with van der Waals surface area (Å²) in [5, 5.41) is 4.16. The number of para-hydroxylation sites is 1. The molecule has 1 aromatic heterocycles. The fraction of sp³-hybridized carbons (Fsp3) is 0.444. The summed E-state index contributed by atoms with van der Waals surface area (Å²) in [7, 11) is 0. The van der Waals surface area contributed by atoms with Crippen LogP contribution in [0.25, 0.3) is 10.9 Å². The van der Waals surface area contributed by atoms with Crippen LogP contribution in [0.2, 0.25) is 0 Å². The molecule has 116 valence electrons. The van der Waals surface area contributed by atoms with Crippen molar-refractivity contribution in [3.63, 3.8) is 0 Å². The van der Waals surface area contributed by atoms with Gasteiger partial charge in [-0.25, -0.2) is 0 Å². The molecule has 3 N–H and O–H groups in total. The quantitative estimate of drug-likeness (QED) is 0.890. The smallest absolute Gasteiger partial charge is 0.220 e. The van der Waals surface area contributed by atoms with E-state index in [0.717, 1.165) is 36.6 Å². The zero-order chi connectivity index (χ0) is 15.4. The van der Waals surface area contributed by atoms with E-state index in [-0.39, 0.29) is 11.9 Å². The molecular weight excluding hydrogens is 274 g/mol. The van der Waals surface area contributed by atoms with Gasteiger partial charge in [0.25, 0.3) is 0 Å². The summed E-state index contributed by atoms with van der Waals surface area (Å²) in [4.78, 5) is 16.5. The highest BCUT2D eigenvalue weighted by atomic mass is 16.1. The van der Waals surface area contributed by atoms with Gasteiger partial charge in [-0.1, -0.05) is 30.7 Å². The Morgan fingerprint density at radius 3 is 2.95 bits per heavy atom. The highest BCUT2D eigenvalue weighted by molar-refractivity contribution is 5.81. The molecule has 0 bridgehead atoms. The van der Waals surface area contributed by atoms with Crippen molar-refractivity contribution in [2.24, 2.45) is 11.7 Å². The third-order valence-corrected chi connectivity index (χ3v) is 4.60. The number of amides is 1. The van der Waals surface area contributed by atoms with Crippen molar-refractivity contribution in [3.8, 4) is 0 Å². The van der Waals surface area contributed by atoms with Gasteiger partial charge in [-0.05, 0) is 36.8 Å². The summed E-state index contributed by atoms with van der Waals surface area (Å²) < 4.78 is 0. The lowest BCUT2D eigenvalue weighted by Crippen LogP contribution is -2.32. The van der Waals surface area contributed by atoms with Crippen molar-refractivity contribution in [1.82, 2.24) is 10.3 Å². The van der Waals surface area contributed by atoms with E-state index in [0.29, 0.717) is 18.9 Å². The zero-order valence-corrected chi connectivity index (χ0v) is 12.8. The van der Waals surface area contributed by atoms with Crippen LogP contribution in [0.4, 0.5) is 0 Å². The minimum Gasteiger partial charge on any atom is -0.356 e. The van der Waals surface area contributed by atoms with E-state index in [1.54, 1.807) is 0 Å². The maximum atomic E-state index is 12.0. The number of nitrogens with zero attached hydrogens (tertiary/aromatic N) is 1. The first-order chi connectivity index (χ1) is 10.7. The Labute approximate surface area is 131 Å². The fourth-order valence-electron chi connectivity index (χ4n) is 3.33. The number of nitrogens with one attached hydrogen (secondary N) is 1. The second kappa shape index (κ2) is 6.88. The molecule has 0 unspecified atom stereocenters. The molecule has 0 aliphatic heterocycles. The van der Waals surface area contributed by atoms with E-state index in [2.05, 4.69) is 28.5 Å². The monoisotopic (exact) mass is 297 g/mol. The predicted molar refractivity (Wildman–Crippen MR) is 88.4 cm³/mol. The van der Waals surface area contributed by atoms with Gasteiger partial charge >= 0.3 is 0 Å². The SMILES string of the molecule is N[C@@H]1CCC[C@H]1CC(=O)NCCc1cccc2cccnc12. The molecule has 1 aliphatic carbocycles. The summed E-state index contributed by atoms with van der Waals surface area (Å²) in [6, 6.07) is 10.4. The van der Waals surface area contributed by atoms with E-state index in [9.17, 15) is 4.79 Å². The Morgan fingerprint density at radius 1 is 1.27 bits per heavy atom. The second-order valence-corrected chi connectivity index (χ2v) is 6.15. The number of rotatable bonds is 5. The fourth-order valence-corrected chi connectivity index (χ4v) is 3.33. The summed E-state index contributed by atoms with van der Waals surface area (Å²) >= 11 is 0. The van der Waals surface area contributed by atoms with Crippen molar-refractivity contribution in [3.05, 3.63) is 42.1 Å². The lowest BCUT2D eigenvalue weighted by Gasteiger charge is -2.14. The summed E-state index contributed by atoms with van der Waals surface area (Å²) in [6.45, 7) is 0.649. The number of benzene rings is 1. The van der Waals surface area contributed by atoms with Gasteiger partial charge in [-0.2, -0.15) is 0 Å². The van der Waals surface area contributed by atoms with Crippen LogP contribution < -0.4 is 11.1 Å². The molecule has 22 heavy (non-hydrogen) atoms. The normalized spacial score (nSPS) is 21.1. The van der Waals surface area contributed by atoms with Crippen LogP contribution in [0.15, 0.2) is 36.5 Å². The molecule has 4 heteroatoms. The third-order valence-electron chi connectivity index (χ3n) is 4.60. The molecule has 1 aromatic carbocycles. The number of nitrogens with two attached hydrogens (primary N) is 1. The molecule has 0 saturated heterocycles. The molecule has 1 amide bonds. The van der Waals surface area contributed by atoms with Gasteiger partial charge in [0, 0.05) is 30.6 Å². The van der Waals surface area contributed by atoms with Crippen molar-refractivity contribution in [2.75, 3.05) is 6.54 Å². The first-order valence-corrected chi connectivity index (χ1v) is 8.09. The molecule has 1 fully saturated rings. The van der Waals surface area contributed by atoms with Gasteiger partial charge in [0.15, 0.2) is 0 Å². The van der Waals surface area contributed by atoms with Crippen LogP contribution in [0.1, 0.15) is 31.2 Å². The topological polar surface area (TPSA) is 68.0 Å². The Bertz CT molecular complexity index is 650. The molecular formula is C18H23N3O. The average Bonchev–Trinajstić information content (AvgIpc) is 2.93. The molecule has 2 atom stereocenters. The second-order valence-electron chi connectivity index (χ2n) is 6.15. The summed E-state index contributed by atoms with van der Waals surface area (Å²) in [5.41, 5.74) is 8.22. The minimum atomic E-state index is 0.121. The van der Waals surface area contributed by atoms with Crippen LogP contribution in [0.3, 0.4) is 0 Å². The molecule has 2 aromatic rings. The van der Waals surface area contributed by atoms with Gasteiger partial charge in [0.1, 0.15) is 0 Å². The molecule has 1 saturated carbocycles. The van der Waals surface area contributed by atoms with Gasteiger partial charge in [0.2, 0.25) is 5.91 Å². The van der Waals surface area contributed by atoms with Gasteiger partial charge in [-0.3, -0.25) is 9.78 Å². The minimum absolute atomic E-state index is 0.121. The van der Waals surface area contributed by atoms with Crippen LogP contribution in [0.5, 0.6) is 0 Å². The Hall–Kier alpha value is -1.94. The van der Waals surface area contributed by atoms with Gasteiger partial charge < -0.3 is 11.1 Å². The van der Waals surface area contributed by atoms with Crippen molar-refractivity contribution < 1.29 is 4.79 Å².